The zero-order valence-electron chi connectivity index (χ0n) is 15.9. The zero-order chi connectivity index (χ0) is 20.3. The molecule has 1 aliphatic rings. The SMILES string of the molecule is C=CC(=O)N1CC[C@@H](N(C)c2nnc(C(N)=O)c(Nc3ccc(C)cc3)n2)C1. The van der Waals surface area contributed by atoms with Gasteiger partial charge >= 0.3 is 0 Å². The van der Waals surface area contributed by atoms with E-state index in [-0.39, 0.29) is 23.5 Å². The van der Waals surface area contributed by atoms with E-state index in [1.54, 1.807) is 4.90 Å². The van der Waals surface area contributed by atoms with Crippen molar-refractivity contribution in [3.8, 4) is 0 Å². The fourth-order valence-electron chi connectivity index (χ4n) is 3.04. The molecule has 146 valence electrons. The molecule has 1 aliphatic heterocycles. The van der Waals surface area contributed by atoms with Crippen LogP contribution in [0, 0.1) is 6.92 Å². The fourth-order valence-corrected chi connectivity index (χ4v) is 3.04. The van der Waals surface area contributed by atoms with E-state index in [0.717, 1.165) is 17.7 Å². The number of nitrogens with zero attached hydrogens (tertiary/aromatic N) is 5. The van der Waals surface area contributed by atoms with Crippen LogP contribution in [0.4, 0.5) is 17.5 Å². The van der Waals surface area contributed by atoms with Crippen molar-refractivity contribution in [2.75, 3.05) is 30.4 Å². The number of primary amides is 1. The molecule has 1 saturated heterocycles. The minimum absolute atomic E-state index is 0.0346. The number of likely N-dealkylation sites (tertiary alicyclic amines) is 1. The highest BCUT2D eigenvalue weighted by Crippen LogP contribution is 2.23. The second-order valence-electron chi connectivity index (χ2n) is 6.71. The van der Waals surface area contributed by atoms with Crippen LogP contribution in [-0.4, -0.2) is 58.1 Å². The van der Waals surface area contributed by atoms with E-state index in [1.807, 2.05) is 43.1 Å². The summed E-state index contributed by atoms with van der Waals surface area (Å²) in [6, 6.07) is 7.68. The summed E-state index contributed by atoms with van der Waals surface area (Å²) < 4.78 is 0. The molecule has 0 spiro atoms. The molecule has 1 aromatic heterocycles. The Bertz CT molecular complexity index is 898. The topological polar surface area (TPSA) is 117 Å². The molecule has 3 rings (SSSR count). The molecule has 0 saturated carbocycles. The van der Waals surface area contributed by atoms with Crippen LogP contribution < -0.4 is 16.0 Å². The second kappa shape index (κ2) is 8.03. The molecule has 0 bridgehead atoms. The van der Waals surface area contributed by atoms with Crippen molar-refractivity contribution in [2.24, 2.45) is 5.73 Å². The van der Waals surface area contributed by atoms with Crippen molar-refractivity contribution in [3.05, 3.63) is 48.2 Å². The zero-order valence-corrected chi connectivity index (χ0v) is 15.9. The van der Waals surface area contributed by atoms with E-state index < -0.39 is 5.91 Å². The Morgan fingerprint density at radius 1 is 1.32 bits per heavy atom. The van der Waals surface area contributed by atoms with Crippen molar-refractivity contribution >= 4 is 29.3 Å². The lowest BCUT2D eigenvalue weighted by Gasteiger charge is -2.24. The number of aryl methyl sites for hydroxylation is 1. The molecule has 1 atom stereocenters. The number of nitrogens with one attached hydrogen (secondary N) is 1. The largest absolute Gasteiger partial charge is 0.364 e. The third-order valence-electron chi connectivity index (χ3n) is 4.74. The summed E-state index contributed by atoms with van der Waals surface area (Å²) in [5.74, 6) is -0.226. The average molecular weight is 381 g/mol. The summed E-state index contributed by atoms with van der Waals surface area (Å²) in [5, 5.41) is 11.1. The average Bonchev–Trinajstić information content (AvgIpc) is 3.18. The Balaban J connectivity index is 1.84. The van der Waals surface area contributed by atoms with Gasteiger partial charge in [-0.2, -0.15) is 4.98 Å². The van der Waals surface area contributed by atoms with Crippen LogP contribution in [0.2, 0.25) is 0 Å². The number of aromatic nitrogens is 3. The van der Waals surface area contributed by atoms with Gasteiger partial charge in [-0.1, -0.05) is 24.3 Å². The number of rotatable bonds is 6. The van der Waals surface area contributed by atoms with Gasteiger partial charge in [0.25, 0.3) is 5.91 Å². The predicted octanol–water partition coefficient (Wildman–Crippen LogP) is 1.25. The van der Waals surface area contributed by atoms with E-state index in [9.17, 15) is 9.59 Å². The number of amides is 2. The first-order valence-corrected chi connectivity index (χ1v) is 8.91. The molecule has 0 aliphatic carbocycles. The summed E-state index contributed by atoms with van der Waals surface area (Å²) in [5.41, 5.74) is 7.25. The predicted molar refractivity (Wildman–Crippen MR) is 106 cm³/mol. The van der Waals surface area contributed by atoms with Gasteiger partial charge in [-0.3, -0.25) is 9.59 Å². The number of benzene rings is 1. The summed E-state index contributed by atoms with van der Waals surface area (Å²) in [7, 11) is 1.84. The first-order valence-electron chi connectivity index (χ1n) is 8.91. The van der Waals surface area contributed by atoms with Crippen molar-refractivity contribution in [2.45, 2.75) is 19.4 Å². The minimum Gasteiger partial charge on any atom is -0.364 e. The Kier molecular flexibility index (Phi) is 5.53. The first-order chi connectivity index (χ1) is 13.4. The summed E-state index contributed by atoms with van der Waals surface area (Å²) in [6.07, 6.45) is 2.09. The molecule has 1 fully saturated rings. The Hall–Kier alpha value is -3.49. The Labute approximate surface area is 163 Å². The van der Waals surface area contributed by atoms with E-state index in [1.165, 1.54) is 6.08 Å². The number of nitrogens with two attached hydrogens (primary N) is 1. The van der Waals surface area contributed by atoms with Gasteiger partial charge in [0.2, 0.25) is 11.9 Å². The number of likely N-dealkylation sites (N-methyl/N-ethyl adjacent to an activating group) is 1. The van der Waals surface area contributed by atoms with Crippen molar-refractivity contribution in [3.63, 3.8) is 0 Å². The quantitative estimate of drug-likeness (QED) is 0.723. The standard InChI is InChI=1S/C19H23N7O2/c1-4-15(27)26-10-9-14(11-26)25(3)19-22-18(16(17(20)28)23-24-19)21-13-7-5-12(2)6-8-13/h4-8,14H,1,9-11H2,2-3H3,(H2,20,28)(H,21,22,24)/t14-/m1/s1. The molecular weight excluding hydrogens is 358 g/mol. The molecule has 0 unspecified atom stereocenters. The smallest absolute Gasteiger partial charge is 0.273 e. The molecule has 2 heterocycles. The van der Waals surface area contributed by atoms with Gasteiger partial charge in [0, 0.05) is 25.8 Å². The van der Waals surface area contributed by atoms with Gasteiger partial charge in [0.1, 0.15) is 0 Å². The van der Waals surface area contributed by atoms with Gasteiger partial charge in [-0.15, -0.1) is 10.2 Å². The summed E-state index contributed by atoms with van der Waals surface area (Å²) in [4.78, 5) is 31.6. The number of anilines is 3. The lowest BCUT2D eigenvalue weighted by molar-refractivity contribution is -0.125. The fraction of sp³-hybridized carbons (Fsp3) is 0.316. The van der Waals surface area contributed by atoms with Crippen LogP contribution in [0.1, 0.15) is 22.5 Å². The molecule has 28 heavy (non-hydrogen) atoms. The van der Waals surface area contributed by atoms with E-state index in [2.05, 4.69) is 27.1 Å². The van der Waals surface area contributed by atoms with Gasteiger partial charge in [-0.25, -0.2) is 0 Å². The van der Waals surface area contributed by atoms with Crippen LogP contribution in [0.15, 0.2) is 36.9 Å². The lowest BCUT2D eigenvalue weighted by atomic mass is 10.2. The Morgan fingerprint density at radius 3 is 2.68 bits per heavy atom. The monoisotopic (exact) mass is 381 g/mol. The third-order valence-corrected chi connectivity index (χ3v) is 4.74. The molecule has 0 radical (unpaired) electrons. The third kappa shape index (κ3) is 4.08. The second-order valence-corrected chi connectivity index (χ2v) is 6.71. The summed E-state index contributed by atoms with van der Waals surface area (Å²) in [6.45, 7) is 6.70. The molecule has 2 amide bonds. The highest BCUT2D eigenvalue weighted by Gasteiger charge is 2.29. The van der Waals surface area contributed by atoms with Crippen LogP contribution in [0.5, 0.6) is 0 Å². The molecule has 9 heteroatoms. The van der Waals surface area contributed by atoms with Gasteiger partial charge in [0.05, 0.1) is 6.04 Å². The normalized spacial score (nSPS) is 15.9. The Morgan fingerprint density at radius 2 is 2.04 bits per heavy atom. The van der Waals surface area contributed by atoms with E-state index in [4.69, 9.17) is 5.73 Å². The maximum Gasteiger partial charge on any atom is 0.273 e. The summed E-state index contributed by atoms with van der Waals surface area (Å²) >= 11 is 0. The minimum atomic E-state index is -0.715. The maximum atomic E-state index is 11.8. The van der Waals surface area contributed by atoms with Crippen molar-refractivity contribution < 1.29 is 9.59 Å². The molecule has 2 aromatic rings. The van der Waals surface area contributed by atoms with Crippen LogP contribution in [0.25, 0.3) is 0 Å². The first kappa shape index (κ1) is 19.3. The molecule has 1 aromatic carbocycles. The van der Waals surface area contributed by atoms with Gasteiger partial charge < -0.3 is 20.9 Å². The number of hydrogen-bond acceptors (Lipinski definition) is 7. The molecule has 3 N–H and O–H groups in total. The number of carbonyl (C=O) groups excluding carboxylic acids is 2. The number of hydrogen-bond donors (Lipinski definition) is 2. The van der Waals surface area contributed by atoms with Crippen molar-refractivity contribution in [1.82, 2.24) is 20.1 Å². The molecule has 9 nitrogen and oxygen atoms in total. The highest BCUT2D eigenvalue weighted by molar-refractivity contribution is 5.96. The van der Waals surface area contributed by atoms with Crippen LogP contribution >= 0.6 is 0 Å². The van der Waals surface area contributed by atoms with E-state index in [0.29, 0.717) is 19.0 Å². The highest BCUT2D eigenvalue weighted by atomic mass is 16.2. The maximum absolute atomic E-state index is 11.8. The van der Waals surface area contributed by atoms with Crippen molar-refractivity contribution in [1.29, 1.82) is 0 Å². The van der Waals surface area contributed by atoms with Gasteiger partial charge in [-0.05, 0) is 31.6 Å². The number of carbonyl (C=O) groups is 2. The van der Waals surface area contributed by atoms with Crippen LogP contribution in [-0.2, 0) is 4.79 Å². The van der Waals surface area contributed by atoms with Gasteiger partial charge in [0.15, 0.2) is 11.5 Å². The van der Waals surface area contributed by atoms with E-state index >= 15 is 0 Å². The lowest BCUT2D eigenvalue weighted by Crippen LogP contribution is -2.37. The van der Waals surface area contributed by atoms with Crippen LogP contribution in [0.3, 0.4) is 0 Å². The molecular formula is C19H23N7O2.